The quantitative estimate of drug-likeness (QED) is 0.755. The lowest BCUT2D eigenvalue weighted by molar-refractivity contribution is -0.124. The van der Waals surface area contributed by atoms with Gasteiger partial charge in [-0.1, -0.05) is 19.1 Å². The molecule has 0 aliphatic carbocycles. The highest BCUT2D eigenvalue weighted by Gasteiger charge is 2.12. The molecule has 2 N–H and O–H groups in total. The minimum absolute atomic E-state index is 0. The van der Waals surface area contributed by atoms with Crippen LogP contribution in [0.25, 0.3) is 0 Å². The molecule has 1 aromatic carbocycles. The Hall–Kier alpha value is -1.13. The van der Waals surface area contributed by atoms with Gasteiger partial charge >= 0.3 is 0 Å². The van der Waals surface area contributed by atoms with Gasteiger partial charge in [0.2, 0.25) is 5.91 Å². The predicted molar refractivity (Wildman–Crippen MR) is 78.1 cm³/mol. The zero-order valence-corrected chi connectivity index (χ0v) is 12.2. The molecule has 1 atom stereocenters. The number of carbonyl (C=O) groups is 1. The molecule has 0 heterocycles. The van der Waals surface area contributed by atoms with Crippen LogP contribution in [0.3, 0.4) is 0 Å². The zero-order valence-electron chi connectivity index (χ0n) is 11.4. The van der Waals surface area contributed by atoms with E-state index in [9.17, 15) is 9.18 Å². The van der Waals surface area contributed by atoms with E-state index in [-0.39, 0.29) is 30.0 Å². The molecule has 3 nitrogen and oxygen atoms in total. The average molecular weight is 289 g/mol. The normalized spacial score (nSPS) is 11.5. The number of benzene rings is 1. The van der Waals surface area contributed by atoms with E-state index in [1.165, 1.54) is 12.1 Å². The van der Waals surface area contributed by atoms with E-state index in [1.54, 1.807) is 6.07 Å². The molecular weight excluding hydrogens is 267 g/mol. The Morgan fingerprint density at radius 3 is 2.74 bits per heavy atom. The summed E-state index contributed by atoms with van der Waals surface area (Å²) in [4.78, 5) is 11.8. The highest BCUT2D eigenvalue weighted by atomic mass is 35.5. The van der Waals surface area contributed by atoms with Gasteiger partial charge in [0.05, 0.1) is 0 Å². The summed E-state index contributed by atoms with van der Waals surface area (Å²) in [5, 5.41) is 5.90. The number of halogens is 2. The van der Waals surface area contributed by atoms with E-state index in [0.29, 0.717) is 13.0 Å². The highest BCUT2D eigenvalue weighted by Crippen LogP contribution is 2.10. The fourth-order valence-corrected chi connectivity index (χ4v) is 1.76. The molecule has 1 rings (SSSR count). The van der Waals surface area contributed by atoms with Crippen molar-refractivity contribution in [2.45, 2.75) is 19.8 Å². The van der Waals surface area contributed by atoms with Gasteiger partial charge in [0.25, 0.3) is 0 Å². The lowest BCUT2D eigenvalue weighted by atomic mass is 10.0. The average Bonchev–Trinajstić information content (AvgIpc) is 2.34. The Balaban J connectivity index is 0.00000324. The van der Waals surface area contributed by atoms with Gasteiger partial charge in [-0.05, 0) is 44.1 Å². The van der Waals surface area contributed by atoms with Crippen LogP contribution in [0.15, 0.2) is 24.3 Å². The van der Waals surface area contributed by atoms with Crippen molar-refractivity contribution in [1.29, 1.82) is 0 Å². The first-order chi connectivity index (χ1) is 8.63. The number of carbonyl (C=O) groups excluding carboxylic acids is 1. The summed E-state index contributed by atoms with van der Waals surface area (Å²) in [5.41, 5.74) is 0.855. The molecule has 1 amide bonds. The van der Waals surface area contributed by atoms with Crippen molar-refractivity contribution in [1.82, 2.24) is 10.6 Å². The molecule has 0 aliphatic rings. The highest BCUT2D eigenvalue weighted by molar-refractivity contribution is 5.85. The maximum atomic E-state index is 13.0. The maximum absolute atomic E-state index is 13.0. The number of hydrogen-bond acceptors (Lipinski definition) is 2. The fraction of sp³-hybridized carbons (Fsp3) is 0.500. The van der Waals surface area contributed by atoms with Crippen molar-refractivity contribution in [3.05, 3.63) is 35.6 Å². The summed E-state index contributed by atoms with van der Waals surface area (Å²) in [6.07, 6.45) is 1.48. The third-order valence-corrected chi connectivity index (χ3v) is 2.78. The summed E-state index contributed by atoms with van der Waals surface area (Å²) < 4.78 is 13.0. The summed E-state index contributed by atoms with van der Waals surface area (Å²) in [7, 11) is 1.88. The summed E-state index contributed by atoms with van der Waals surface area (Å²) in [6.45, 7) is 3.42. The maximum Gasteiger partial charge on any atom is 0.223 e. The second-order valence-corrected chi connectivity index (χ2v) is 4.48. The summed E-state index contributed by atoms with van der Waals surface area (Å²) in [5.74, 6) is -0.370. The van der Waals surface area contributed by atoms with Crippen LogP contribution in [0.2, 0.25) is 0 Å². The largest absolute Gasteiger partial charge is 0.356 e. The van der Waals surface area contributed by atoms with Crippen LogP contribution in [0.1, 0.15) is 18.9 Å². The first-order valence-corrected chi connectivity index (χ1v) is 6.30. The number of rotatable bonds is 7. The van der Waals surface area contributed by atoms with Crippen molar-refractivity contribution >= 4 is 18.3 Å². The van der Waals surface area contributed by atoms with Crippen LogP contribution < -0.4 is 10.6 Å². The van der Waals surface area contributed by atoms with E-state index in [0.717, 1.165) is 18.5 Å². The molecule has 1 aromatic rings. The van der Waals surface area contributed by atoms with Crippen LogP contribution in [0.5, 0.6) is 0 Å². The van der Waals surface area contributed by atoms with E-state index < -0.39 is 0 Å². The molecule has 0 saturated carbocycles. The monoisotopic (exact) mass is 288 g/mol. The van der Waals surface area contributed by atoms with Crippen LogP contribution in [0, 0.1) is 11.7 Å². The van der Waals surface area contributed by atoms with E-state index in [1.807, 2.05) is 20.0 Å². The van der Waals surface area contributed by atoms with E-state index >= 15 is 0 Å². The molecular formula is C14H22ClFN2O. The fourth-order valence-electron chi connectivity index (χ4n) is 1.76. The Labute approximate surface area is 120 Å². The minimum atomic E-state index is -0.255. The van der Waals surface area contributed by atoms with Crippen LogP contribution in [0.4, 0.5) is 4.39 Å². The summed E-state index contributed by atoms with van der Waals surface area (Å²) >= 11 is 0. The zero-order chi connectivity index (χ0) is 13.4. The predicted octanol–water partition coefficient (Wildman–Crippen LogP) is 2.15. The second kappa shape index (κ2) is 9.75. The van der Waals surface area contributed by atoms with Gasteiger partial charge < -0.3 is 10.6 Å². The van der Waals surface area contributed by atoms with Crippen LogP contribution >= 0.6 is 12.4 Å². The van der Waals surface area contributed by atoms with Gasteiger partial charge in [-0.25, -0.2) is 4.39 Å². The molecule has 0 spiro atoms. The smallest absolute Gasteiger partial charge is 0.223 e. The lowest BCUT2D eigenvalue weighted by Gasteiger charge is -2.12. The first kappa shape index (κ1) is 17.9. The standard InChI is InChI=1S/C14H21FN2O.ClH/c1-11(14(18)17-8-4-7-16-2)9-12-5-3-6-13(15)10-12;/h3,5-6,10-11,16H,4,7-9H2,1-2H3,(H,17,18);1H. The molecule has 108 valence electrons. The van der Waals surface area contributed by atoms with Crippen molar-refractivity contribution in [3.63, 3.8) is 0 Å². The van der Waals surface area contributed by atoms with E-state index in [4.69, 9.17) is 0 Å². The molecule has 0 radical (unpaired) electrons. The molecule has 0 saturated heterocycles. The molecule has 1 unspecified atom stereocenters. The molecule has 19 heavy (non-hydrogen) atoms. The number of amides is 1. The topological polar surface area (TPSA) is 41.1 Å². The van der Waals surface area contributed by atoms with Crippen LogP contribution in [-0.2, 0) is 11.2 Å². The Morgan fingerprint density at radius 1 is 1.37 bits per heavy atom. The molecule has 0 aromatic heterocycles. The second-order valence-electron chi connectivity index (χ2n) is 4.48. The van der Waals surface area contributed by atoms with Gasteiger partial charge in [0.1, 0.15) is 5.82 Å². The van der Waals surface area contributed by atoms with Gasteiger partial charge in [-0.15, -0.1) is 12.4 Å². The minimum Gasteiger partial charge on any atom is -0.356 e. The first-order valence-electron chi connectivity index (χ1n) is 6.30. The third kappa shape index (κ3) is 7.13. The SMILES string of the molecule is CNCCCNC(=O)C(C)Cc1cccc(F)c1.Cl. The van der Waals surface area contributed by atoms with Gasteiger partial charge in [-0.2, -0.15) is 0 Å². The lowest BCUT2D eigenvalue weighted by Crippen LogP contribution is -2.32. The Morgan fingerprint density at radius 2 is 2.11 bits per heavy atom. The Bertz CT molecular complexity index is 387. The Kier molecular flexibility index (Phi) is 9.17. The van der Waals surface area contributed by atoms with Crippen LogP contribution in [-0.4, -0.2) is 26.0 Å². The van der Waals surface area contributed by atoms with E-state index in [2.05, 4.69) is 10.6 Å². The van der Waals surface area contributed by atoms with Crippen molar-refractivity contribution in [2.24, 2.45) is 5.92 Å². The molecule has 0 fully saturated rings. The van der Waals surface area contributed by atoms with Crippen molar-refractivity contribution in [3.8, 4) is 0 Å². The molecule has 0 aliphatic heterocycles. The molecule has 5 heteroatoms. The van der Waals surface area contributed by atoms with Gasteiger partial charge in [0.15, 0.2) is 0 Å². The summed E-state index contributed by atoms with van der Waals surface area (Å²) in [6, 6.07) is 6.40. The third-order valence-electron chi connectivity index (χ3n) is 2.78. The molecule has 0 bridgehead atoms. The number of hydrogen-bond donors (Lipinski definition) is 2. The van der Waals surface area contributed by atoms with Gasteiger partial charge in [-0.3, -0.25) is 4.79 Å². The van der Waals surface area contributed by atoms with Crippen molar-refractivity contribution < 1.29 is 9.18 Å². The van der Waals surface area contributed by atoms with Crippen molar-refractivity contribution in [2.75, 3.05) is 20.1 Å². The van der Waals surface area contributed by atoms with Gasteiger partial charge in [0, 0.05) is 12.5 Å². The number of nitrogens with one attached hydrogen (secondary N) is 2.